The van der Waals surface area contributed by atoms with Crippen LogP contribution in [0.5, 0.6) is 0 Å². The van der Waals surface area contributed by atoms with Crippen LogP contribution in [0.1, 0.15) is 22.0 Å². The van der Waals surface area contributed by atoms with Crippen molar-refractivity contribution >= 4 is 5.91 Å². The molecule has 2 aromatic rings. The molecule has 0 heterocycles. The monoisotopic (exact) mass is 287 g/mol. The third-order valence-electron chi connectivity index (χ3n) is 3.23. The van der Waals surface area contributed by atoms with E-state index in [1.807, 2.05) is 44.4 Å². The number of hydrogen-bond acceptors (Lipinski definition) is 1. The van der Waals surface area contributed by atoms with E-state index in [0.29, 0.717) is 5.56 Å². The number of benzene rings is 2. The van der Waals surface area contributed by atoms with Crippen molar-refractivity contribution in [1.82, 2.24) is 5.32 Å². The van der Waals surface area contributed by atoms with Gasteiger partial charge in [-0.2, -0.15) is 0 Å². The van der Waals surface area contributed by atoms with Gasteiger partial charge < -0.3 is 10.2 Å². The van der Waals surface area contributed by atoms with E-state index in [4.69, 9.17) is 0 Å². The molecule has 0 radical (unpaired) electrons. The normalized spacial score (nSPS) is 12.2. The summed E-state index contributed by atoms with van der Waals surface area (Å²) in [7, 11) is 4.08. The summed E-state index contributed by atoms with van der Waals surface area (Å²) in [5.41, 5.74) is 1.53. The van der Waals surface area contributed by atoms with Crippen LogP contribution in [0.15, 0.2) is 54.6 Å². The van der Waals surface area contributed by atoms with E-state index >= 15 is 0 Å². The Balaban J connectivity index is 2.15. The number of quaternary nitrogens is 1. The Kier molecular flexibility index (Phi) is 5.06. The molecule has 0 aliphatic rings. The maximum absolute atomic E-state index is 12.9. The SMILES string of the molecule is C[NH+](C)C[C@H](NC(=O)c1ccc(F)cc1)c1ccccc1. The number of carbonyl (C=O) groups is 1. The molecule has 2 rings (SSSR count). The van der Waals surface area contributed by atoms with Crippen LogP contribution in [0, 0.1) is 5.82 Å². The zero-order chi connectivity index (χ0) is 15.2. The van der Waals surface area contributed by atoms with Gasteiger partial charge in [-0.05, 0) is 29.8 Å². The Morgan fingerprint density at radius 3 is 2.29 bits per heavy atom. The first-order chi connectivity index (χ1) is 10.1. The molecule has 0 aromatic heterocycles. The van der Waals surface area contributed by atoms with Crippen molar-refractivity contribution in [3.05, 3.63) is 71.5 Å². The zero-order valence-electron chi connectivity index (χ0n) is 12.3. The van der Waals surface area contributed by atoms with E-state index in [1.54, 1.807) is 0 Å². The molecule has 110 valence electrons. The average molecular weight is 287 g/mol. The lowest BCUT2D eigenvalue weighted by atomic mass is 10.1. The average Bonchev–Trinajstić information content (AvgIpc) is 2.47. The second-order valence-corrected chi connectivity index (χ2v) is 5.35. The third kappa shape index (κ3) is 4.39. The molecule has 1 amide bonds. The Labute approximate surface area is 124 Å². The Morgan fingerprint density at radius 1 is 1.10 bits per heavy atom. The molecule has 0 bridgehead atoms. The summed E-state index contributed by atoms with van der Waals surface area (Å²) in [5.74, 6) is -0.533. The van der Waals surface area contributed by atoms with Crippen molar-refractivity contribution in [1.29, 1.82) is 0 Å². The number of nitrogens with one attached hydrogen (secondary N) is 2. The molecule has 2 N–H and O–H groups in total. The van der Waals surface area contributed by atoms with Gasteiger partial charge in [0.2, 0.25) is 0 Å². The molecule has 0 fully saturated rings. The summed E-state index contributed by atoms with van der Waals surface area (Å²) in [5, 5.41) is 3.02. The van der Waals surface area contributed by atoms with Crippen LogP contribution in [-0.4, -0.2) is 26.5 Å². The van der Waals surface area contributed by atoms with Gasteiger partial charge in [0.1, 0.15) is 18.4 Å². The van der Waals surface area contributed by atoms with Crippen molar-refractivity contribution in [2.45, 2.75) is 6.04 Å². The van der Waals surface area contributed by atoms with E-state index in [9.17, 15) is 9.18 Å². The van der Waals surface area contributed by atoms with E-state index in [-0.39, 0.29) is 17.8 Å². The fourth-order valence-electron chi connectivity index (χ4n) is 2.19. The molecular weight excluding hydrogens is 267 g/mol. The topological polar surface area (TPSA) is 33.5 Å². The van der Waals surface area contributed by atoms with Gasteiger partial charge in [-0.3, -0.25) is 4.79 Å². The van der Waals surface area contributed by atoms with Gasteiger partial charge in [-0.25, -0.2) is 4.39 Å². The van der Waals surface area contributed by atoms with Crippen LogP contribution < -0.4 is 10.2 Å². The third-order valence-corrected chi connectivity index (χ3v) is 3.23. The molecule has 3 nitrogen and oxygen atoms in total. The molecule has 21 heavy (non-hydrogen) atoms. The number of carbonyl (C=O) groups excluding carboxylic acids is 1. The number of likely N-dealkylation sites (N-methyl/N-ethyl adjacent to an activating group) is 1. The lowest BCUT2D eigenvalue weighted by molar-refractivity contribution is -0.860. The predicted molar refractivity (Wildman–Crippen MR) is 80.7 cm³/mol. The van der Waals surface area contributed by atoms with Gasteiger partial charge in [0.15, 0.2) is 0 Å². The molecular formula is C17H20FN2O+. The van der Waals surface area contributed by atoms with Crippen molar-refractivity contribution in [2.24, 2.45) is 0 Å². The van der Waals surface area contributed by atoms with E-state index in [2.05, 4.69) is 5.32 Å². The summed E-state index contributed by atoms with van der Waals surface area (Å²) >= 11 is 0. The van der Waals surface area contributed by atoms with Gasteiger partial charge >= 0.3 is 0 Å². The summed E-state index contributed by atoms with van der Waals surface area (Å²) in [4.78, 5) is 13.5. The zero-order valence-corrected chi connectivity index (χ0v) is 12.3. The van der Waals surface area contributed by atoms with Crippen molar-refractivity contribution < 1.29 is 14.1 Å². The Bertz CT molecular complexity index is 581. The second kappa shape index (κ2) is 6.99. The maximum atomic E-state index is 12.9. The van der Waals surface area contributed by atoms with E-state index in [0.717, 1.165) is 12.1 Å². The van der Waals surface area contributed by atoms with Gasteiger partial charge in [-0.1, -0.05) is 30.3 Å². The highest BCUT2D eigenvalue weighted by Crippen LogP contribution is 2.12. The smallest absolute Gasteiger partial charge is 0.251 e. The molecule has 0 aliphatic heterocycles. The summed E-state index contributed by atoms with van der Waals surface area (Å²) < 4.78 is 12.9. The quantitative estimate of drug-likeness (QED) is 0.857. The van der Waals surface area contributed by atoms with Gasteiger partial charge in [-0.15, -0.1) is 0 Å². The summed E-state index contributed by atoms with van der Waals surface area (Å²) in [6, 6.07) is 15.4. The lowest BCUT2D eigenvalue weighted by Crippen LogP contribution is -3.06. The van der Waals surface area contributed by atoms with Crippen LogP contribution in [0.3, 0.4) is 0 Å². The molecule has 0 spiro atoms. The highest BCUT2D eigenvalue weighted by molar-refractivity contribution is 5.94. The molecule has 0 saturated carbocycles. The van der Waals surface area contributed by atoms with Crippen LogP contribution in [0.4, 0.5) is 4.39 Å². The maximum Gasteiger partial charge on any atom is 0.251 e. The first-order valence-electron chi connectivity index (χ1n) is 6.96. The minimum Gasteiger partial charge on any atom is -0.340 e. The number of rotatable bonds is 5. The Hall–Kier alpha value is -2.20. The highest BCUT2D eigenvalue weighted by atomic mass is 19.1. The summed E-state index contributed by atoms with van der Waals surface area (Å²) in [6.07, 6.45) is 0. The van der Waals surface area contributed by atoms with Crippen molar-refractivity contribution in [2.75, 3.05) is 20.6 Å². The Morgan fingerprint density at radius 2 is 1.71 bits per heavy atom. The largest absolute Gasteiger partial charge is 0.340 e. The lowest BCUT2D eigenvalue weighted by Gasteiger charge is -2.21. The molecule has 0 aliphatic carbocycles. The molecule has 1 atom stereocenters. The van der Waals surface area contributed by atoms with Gasteiger partial charge in [0.05, 0.1) is 14.1 Å². The van der Waals surface area contributed by atoms with Crippen LogP contribution in [0.2, 0.25) is 0 Å². The second-order valence-electron chi connectivity index (χ2n) is 5.35. The first-order valence-corrected chi connectivity index (χ1v) is 6.96. The number of amides is 1. The van der Waals surface area contributed by atoms with Crippen LogP contribution in [0.25, 0.3) is 0 Å². The van der Waals surface area contributed by atoms with Crippen LogP contribution in [-0.2, 0) is 0 Å². The number of hydrogen-bond donors (Lipinski definition) is 2. The first kappa shape index (κ1) is 15.2. The van der Waals surface area contributed by atoms with Gasteiger partial charge in [0, 0.05) is 5.56 Å². The standard InChI is InChI=1S/C17H19FN2O/c1-20(2)12-16(13-6-4-3-5-7-13)19-17(21)14-8-10-15(18)11-9-14/h3-11,16H,12H2,1-2H3,(H,19,21)/p+1/t16-/m0/s1. The molecule has 4 heteroatoms. The minimum atomic E-state index is -0.344. The molecule has 2 aromatic carbocycles. The van der Waals surface area contributed by atoms with Crippen molar-refractivity contribution in [3.63, 3.8) is 0 Å². The predicted octanol–water partition coefficient (Wildman–Crippen LogP) is 1.44. The van der Waals surface area contributed by atoms with Crippen LogP contribution >= 0.6 is 0 Å². The van der Waals surface area contributed by atoms with Crippen molar-refractivity contribution in [3.8, 4) is 0 Å². The number of halogens is 1. The molecule has 0 saturated heterocycles. The fraction of sp³-hybridized carbons (Fsp3) is 0.235. The molecule has 0 unspecified atom stereocenters. The highest BCUT2D eigenvalue weighted by Gasteiger charge is 2.18. The van der Waals surface area contributed by atoms with E-state index in [1.165, 1.54) is 29.2 Å². The van der Waals surface area contributed by atoms with Gasteiger partial charge in [0.25, 0.3) is 5.91 Å². The summed E-state index contributed by atoms with van der Waals surface area (Å²) in [6.45, 7) is 0.775. The fourth-order valence-corrected chi connectivity index (χ4v) is 2.19. The van der Waals surface area contributed by atoms with E-state index < -0.39 is 0 Å². The minimum absolute atomic E-state index is 0.0752.